The van der Waals surface area contributed by atoms with Crippen LogP contribution in [0.4, 0.5) is 5.69 Å². The summed E-state index contributed by atoms with van der Waals surface area (Å²) in [6.45, 7) is 5.21. The maximum atomic E-state index is 12.0. The zero-order valence-electron chi connectivity index (χ0n) is 12.5. The molecule has 3 N–H and O–H groups in total. The van der Waals surface area contributed by atoms with Gasteiger partial charge in [-0.25, -0.2) is 0 Å². The zero-order valence-corrected chi connectivity index (χ0v) is 12.5. The van der Waals surface area contributed by atoms with Crippen molar-refractivity contribution in [2.24, 2.45) is 5.92 Å². The molecule has 0 aliphatic rings. The molecule has 0 aromatic heterocycles. The maximum Gasteiger partial charge on any atom is 0.223 e. The van der Waals surface area contributed by atoms with Gasteiger partial charge in [-0.2, -0.15) is 0 Å². The molecule has 20 heavy (non-hydrogen) atoms. The summed E-state index contributed by atoms with van der Waals surface area (Å²) in [6.07, 6.45) is 4.10. The summed E-state index contributed by atoms with van der Waals surface area (Å²) in [7, 11) is 0. The Morgan fingerprint density at radius 3 is 2.60 bits per heavy atom. The standard InChI is InChI=1S/C16H26N2O2/c1-3-5-6-13(4-2)16(19)18-11-12-20-15-9-7-14(17)8-10-15/h7-10,13H,3-6,11-12,17H2,1-2H3,(H,18,19). The molecule has 4 heteroatoms. The molecular formula is C16H26N2O2. The normalized spacial score (nSPS) is 11.9. The van der Waals surface area contributed by atoms with Gasteiger partial charge in [-0.05, 0) is 37.1 Å². The van der Waals surface area contributed by atoms with Gasteiger partial charge in [-0.1, -0.05) is 26.7 Å². The van der Waals surface area contributed by atoms with Crippen molar-refractivity contribution in [1.82, 2.24) is 5.32 Å². The third-order valence-electron chi connectivity index (χ3n) is 3.32. The number of hydrogen-bond acceptors (Lipinski definition) is 3. The molecule has 0 bridgehead atoms. The Labute approximate surface area is 121 Å². The number of hydrogen-bond donors (Lipinski definition) is 2. The summed E-state index contributed by atoms with van der Waals surface area (Å²) in [5, 5.41) is 2.94. The van der Waals surface area contributed by atoms with Gasteiger partial charge >= 0.3 is 0 Å². The van der Waals surface area contributed by atoms with Crippen molar-refractivity contribution in [1.29, 1.82) is 0 Å². The summed E-state index contributed by atoms with van der Waals surface area (Å²) in [5.74, 6) is 1.04. The van der Waals surface area contributed by atoms with Crippen LogP contribution >= 0.6 is 0 Å². The molecule has 1 rings (SSSR count). The second kappa shape index (κ2) is 9.23. The topological polar surface area (TPSA) is 64.3 Å². The third-order valence-corrected chi connectivity index (χ3v) is 3.32. The SMILES string of the molecule is CCCCC(CC)C(=O)NCCOc1ccc(N)cc1. The number of nitrogen functional groups attached to an aromatic ring is 1. The lowest BCUT2D eigenvalue weighted by atomic mass is 9.98. The Morgan fingerprint density at radius 1 is 1.30 bits per heavy atom. The lowest BCUT2D eigenvalue weighted by molar-refractivity contribution is -0.125. The van der Waals surface area contributed by atoms with Gasteiger partial charge in [-0.3, -0.25) is 4.79 Å². The van der Waals surface area contributed by atoms with Gasteiger partial charge in [0, 0.05) is 11.6 Å². The highest BCUT2D eigenvalue weighted by molar-refractivity contribution is 5.78. The number of ether oxygens (including phenoxy) is 1. The number of anilines is 1. The fourth-order valence-corrected chi connectivity index (χ4v) is 2.02. The molecule has 1 aromatic rings. The molecule has 1 unspecified atom stereocenters. The van der Waals surface area contributed by atoms with Gasteiger partial charge in [-0.15, -0.1) is 0 Å². The van der Waals surface area contributed by atoms with Crippen LogP contribution in [-0.2, 0) is 4.79 Å². The van der Waals surface area contributed by atoms with Crippen LogP contribution in [0.15, 0.2) is 24.3 Å². The minimum absolute atomic E-state index is 0.131. The largest absolute Gasteiger partial charge is 0.492 e. The van der Waals surface area contributed by atoms with Crippen LogP contribution in [0.25, 0.3) is 0 Å². The number of carbonyl (C=O) groups excluding carboxylic acids is 1. The van der Waals surface area contributed by atoms with Crippen LogP contribution < -0.4 is 15.8 Å². The summed E-state index contributed by atoms with van der Waals surface area (Å²) >= 11 is 0. The van der Waals surface area contributed by atoms with Crippen LogP contribution in [0.2, 0.25) is 0 Å². The summed E-state index contributed by atoms with van der Waals surface area (Å²) in [6, 6.07) is 7.25. The first-order valence-corrected chi connectivity index (χ1v) is 7.43. The van der Waals surface area contributed by atoms with E-state index in [2.05, 4.69) is 19.2 Å². The minimum Gasteiger partial charge on any atom is -0.492 e. The molecule has 0 fully saturated rings. The molecule has 112 valence electrons. The summed E-state index contributed by atoms with van der Waals surface area (Å²) in [4.78, 5) is 12.0. The fourth-order valence-electron chi connectivity index (χ4n) is 2.02. The highest BCUT2D eigenvalue weighted by Gasteiger charge is 2.14. The Bertz CT molecular complexity index is 390. The van der Waals surface area contributed by atoms with Crippen molar-refractivity contribution in [3.05, 3.63) is 24.3 Å². The molecule has 0 saturated carbocycles. The molecule has 4 nitrogen and oxygen atoms in total. The van der Waals surface area contributed by atoms with Gasteiger partial charge in [0.05, 0.1) is 6.54 Å². The Kier molecular flexibility index (Phi) is 7.55. The highest BCUT2D eigenvalue weighted by atomic mass is 16.5. The molecule has 0 saturated heterocycles. The van der Waals surface area contributed by atoms with E-state index < -0.39 is 0 Å². The Morgan fingerprint density at radius 2 is 2.00 bits per heavy atom. The molecule has 1 atom stereocenters. The molecule has 0 radical (unpaired) electrons. The molecule has 0 heterocycles. The van der Waals surface area contributed by atoms with Gasteiger partial charge in [0.2, 0.25) is 5.91 Å². The number of benzene rings is 1. The summed E-state index contributed by atoms with van der Waals surface area (Å²) < 4.78 is 5.54. The van der Waals surface area contributed by atoms with E-state index in [0.717, 1.165) is 31.4 Å². The fraction of sp³-hybridized carbons (Fsp3) is 0.562. The second-order valence-electron chi connectivity index (χ2n) is 4.96. The second-order valence-corrected chi connectivity index (χ2v) is 4.96. The lowest BCUT2D eigenvalue weighted by Gasteiger charge is -2.14. The van der Waals surface area contributed by atoms with Gasteiger partial charge in [0.15, 0.2) is 0 Å². The van der Waals surface area contributed by atoms with Crippen molar-refractivity contribution < 1.29 is 9.53 Å². The molecule has 0 aliphatic heterocycles. The van der Waals surface area contributed by atoms with Crippen molar-refractivity contribution in [2.75, 3.05) is 18.9 Å². The quantitative estimate of drug-likeness (QED) is 0.539. The average molecular weight is 278 g/mol. The van der Waals surface area contributed by atoms with Crippen LogP contribution in [0.5, 0.6) is 5.75 Å². The number of nitrogens with one attached hydrogen (secondary N) is 1. The van der Waals surface area contributed by atoms with Crippen LogP contribution in [0.1, 0.15) is 39.5 Å². The van der Waals surface area contributed by atoms with Crippen LogP contribution in [0, 0.1) is 5.92 Å². The highest BCUT2D eigenvalue weighted by Crippen LogP contribution is 2.13. The van der Waals surface area contributed by atoms with Crippen LogP contribution in [-0.4, -0.2) is 19.1 Å². The van der Waals surface area contributed by atoms with Crippen molar-refractivity contribution in [2.45, 2.75) is 39.5 Å². The van der Waals surface area contributed by atoms with E-state index in [1.54, 1.807) is 12.1 Å². The van der Waals surface area contributed by atoms with E-state index in [1.165, 1.54) is 0 Å². The number of carbonyl (C=O) groups is 1. The van der Waals surface area contributed by atoms with Crippen molar-refractivity contribution >= 4 is 11.6 Å². The predicted octanol–water partition coefficient (Wildman–Crippen LogP) is 2.98. The zero-order chi connectivity index (χ0) is 14.8. The molecule has 0 aliphatic carbocycles. The lowest BCUT2D eigenvalue weighted by Crippen LogP contribution is -2.33. The maximum absolute atomic E-state index is 12.0. The minimum atomic E-state index is 0.131. The van der Waals surface area contributed by atoms with Crippen molar-refractivity contribution in [3.8, 4) is 5.75 Å². The molecule has 0 spiro atoms. The number of amides is 1. The predicted molar refractivity (Wildman–Crippen MR) is 82.7 cm³/mol. The van der Waals surface area contributed by atoms with Crippen molar-refractivity contribution in [3.63, 3.8) is 0 Å². The molecule has 1 aromatic carbocycles. The van der Waals surface area contributed by atoms with E-state index in [1.807, 2.05) is 12.1 Å². The average Bonchev–Trinajstić information content (AvgIpc) is 2.46. The third kappa shape index (κ3) is 5.95. The van der Waals surface area contributed by atoms with Crippen LogP contribution in [0.3, 0.4) is 0 Å². The molecule has 1 amide bonds. The van der Waals surface area contributed by atoms with E-state index >= 15 is 0 Å². The van der Waals surface area contributed by atoms with E-state index in [-0.39, 0.29) is 11.8 Å². The van der Waals surface area contributed by atoms with Gasteiger partial charge in [0.1, 0.15) is 12.4 Å². The Hall–Kier alpha value is -1.71. The van der Waals surface area contributed by atoms with Gasteiger partial charge < -0.3 is 15.8 Å². The van der Waals surface area contributed by atoms with E-state index in [4.69, 9.17) is 10.5 Å². The van der Waals surface area contributed by atoms with E-state index in [9.17, 15) is 4.79 Å². The first kappa shape index (κ1) is 16.3. The number of nitrogens with two attached hydrogens (primary N) is 1. The summed E-state index contributed by atoms with van der Waals surface area (Å²) in [5.41, 5.74) is 6.31. The first-order chi connectivity index (χ1) is 9.67. The smallest absolute Gasteiger partial charge is 0.223 e. The number of rotatable bonds is 9. The Balaban J connectivity index is 2.22. The number of unbranched alkanes of at least 4 members (excludes halogenated alkanes) is 1. The van der Waals surface area contributed by atoms with E-state index in [0.29, 0.717) is 18.8 Å². The first-order valence-electron chi connectivity index (χ1n) is 7.43. The monoisotopic (exact) mass is 278 g/mol. The molecular weight excluding hydrogens is 252 g/mol. The van der Waals surface area contributed by atoms with Gasteiger partial charge in [0.25, 0.3) is 0 Å².